The standard InChI is InChI=1S/C39H50N6O6/c1-42-19-23-44(24-20-42)36(46)14-4-3-9-27-50-35-13-8-6-11-33(35)41-38(48)31-17-15-30(16-18-31)28-40-39(49)32-10-5-7-12-34(32)51-29-37(47)45-25-21-43(2)22-26-45/h5-8,10-13,15-18H,3-4,9,14,19-29H2,1-2H3,(H,40,49)(H,41,48). The summed E-state index contributed by atoms with van der Waals surface area (Å²) in [5, 5.41) is 5.85. The minimum Gasteiger partial charge on any atom is -0.491 e. The van der Waals surface area contributed by atoms with Gasteiger partial charge in [0.2, 0.25) is 5.91 Å². The number of nitrogens with zero attached hydrogens (tertiary/aromatic N) is 4. The monoisotopic (exact) mass is 698 g/mol. The maximum Gasteiger partial charge on any atom is 0.260 e. The highest BCUT2D eigenvalue weighted by Crippen LogP contribution is 2.25. The summed E-state index contributed by atoms with van der Waals surface area (Å²) in [6, 6.07) is 21.2. The van der Waals surface area contributed by atoms with E-state index in [-0.39, 0.29) is 36.8 Å². The van der Waals surface area contributed by atoms with Crippen LogP contribution in [0.2, 0.25) is 0 Å². The number of para-hydroxylation sites is 3. The SMILES string of the molecule is CN1CCN(C(=O)CCCCCOc2ccccc2NC(=O)c2ccc(CNC(=O)c3ccccc3OCC(=O)N3CCN(C)CC3)cc2)CC1. The third-order valence-corrected chi connectivity index (χ3v) is 9.29. The molecular formula is C39H50N6O6. The van der Waals surface area contributed by atoms with Crippen LogP contribution in [0.15, 0.2) is 72.8 Å². The number of benzene rings is 3. The molecule has 2 saturated heterocycles. The average Bonchev–Trinajstić information content (AvgIpc) is 3.15. The first kappa shape index (κ1) is 37.3. The van der Waals surface area contributed by atoms with E-state index in [1.807, 2.05) is 30.1 Å². The van der Waals surface area contributed by atoms with Crippen molar-refractivity contribution in [1.29, 1.82) is 0 Å². The maximum atomic E-state index is 13.1. The molecule has 12 nitrogen and oxygen atoms in total. The van der Waals surface area contributed by atoms with Gasteiger partial charge in [0.05, 0.1) is 17.9 Å². The number of anilines is 1. The Hall–Kier alpha value is -4.94. The van der Waals surface area contributed by atoms with E-state index < -0.39 is 0 Å². The van der Waals surface area contributed by atoms with Crippen molar-refractivity contribution in [2.45, 2.75) is 32.2 Å². The number of piperazine rings is 2. The molecule has 272 valence electrons. The normalized spacial score (nSPS) is 15.3. The topological polar surface area (TPSA) is 124 Å². The maximum absolute atomic E-state index is 13.1. The van der Waals surface area contributed by atoms with Crippen LogP contribution in [-0.4, -0.2) is 123 Å². The van der Waals surface area contributed by atoms with Crippen molar-refractivity contribution in [1.82, 2.24) is 24.9 Å². The van der Waals surface area contributed by atoms with Gasteiger partial charge in [-0.3, -0.25) is 19.2 Å². The van der Waals surface area contributed by atoms with E-state index in [0.29, 0.717) is 54.4 Å². The Kier molecular flexibility index (Phi) is 13.8. The number of hydrogen-bond acceptors (Lipinski definition) is 8. The third-order valence-electron chi connectivity index (χ3n) is 9.29. The van der Waals surface area contributed by atoms with E-state index in [2.05, 4.69) is 27.5 Å². The fourth-order valence-corrected chi connectivity index (χ4v) is 5.96. The van der Waals surface area contributed by atoms with Gasteiger partial charge in [0.1, 0.15) is 11.5 Å². The molecule has 2 aliphatic heterocycles. The predicted octanol–water partition coefficient (Wildman–Crippen LogP) is 3.73. The van der Waals surface area contributed by atoms with Gasteiger partial charge in [0, 0.05) is 70.9 Å². The summed E-state index contributed by atoms with van der Waals surface area (Å²) >= 11 is 0. The highest BCUT2D eigenvalue weighted by atomic mass is 16.5. The van der Waals surface area contributed by atoms with Crippen LogP contribution < -0.4 is 20.1 Å². The van der Waals surface area contributed by atoms with Crippen LogP contribution in [0.25, 0.3) is 0 Å². The highest BCUT2D eigenvalue weighted by Gasteiger charge is 2.21. The van der Waals surface area contributed by atoms with Gasteiger partial charge >= 0.3 is 0 Å². The molecule has 2 aliphatic rings. The lowest BCUT2D eigenvalue weighted by Crippen LogP contribution is -2.48. The van der Waals surface area contributed by atoms with E-state index in [9.17, 15) is 19.2 Å². The summed E-state index contributed by atoms with van der Waals surface area (Å²) in [5.74, 6) is 0.467. The van der Waals surface area contributed by atoms with Gasteiger partial charge in [0.25, 0.3) is 17.7 Å². The van der Waals surface area contributed by atoms with Crippen LogP contribution >= 0.6 is 0 Å². The smallest absolute Gasteiger partial charge is 0.260 e. The summed E-state index contributed by atoms with van der Waals surface area (Å²) in [4.78, 5) is 59.4. The van der Waals surface area contributed by atoms with Crippen molar-refractivity contribution in [3.05, 3.63) is 89.5 Å². The van der Waals surface area contributed by atoms with Crippen LogP contribution in [0, 0.1) is 0 Å². The van der Waals surface area contributed by atoms with Crippen LogP contribution in [0.4, 0.5) is 5.69 Å². The van der Waals surface area contributed by atoms with Crippen molar-refractivity contribution in [3.8, 4) is 11.5 Å². The van der Waals surface area contributed by atoms with Crippen LogP contribution in [0.5, 0.6) is 11.5 Å². The van der Waals surface area contributed by atoms with Gasteiger partial charge in [0.15, 0.2) is 6.61 Å². The second kappa shape index (κ2) is 18.9. The van der Waals surface area contributed by atoms with Crippen molar-refractivity contribution in [2.24, 2.45) is 0 Å². The quantitative estimate of drug-likeness (QED) is 0.230. The zero-order valence-corrected chi connectivity index (χ0v) is 29.8. The number of unbranched alkanes of at least 4 members (excludes halogenated alkanes) is 2. The first-order valence-corrected chi connectivity index (χ1v) is 17.8. The molecule has 0 aromatic heterocycles. The number of nitrogens with one attached hydrogen (secondary N) is 2. The Morgan fingerprint density at radius 3 is 1.92 bits per heavy atom. The van der Waals surface area contributed by atoms with Gasteiger partial charge in [-0.25, -0.2) is 0 Å². The van der Waals surface area contributed by atoms with Crippen molar-refractivity contribution >= 4 is 29.3 Å². The van der Waals surface area contributed by atoms with E-state index in [1.165, 1.54) is 0 Å². The summed E-state index contributed by atoms with van der Waals surface area (Å²) < 4.78 is 11.8. The summed E-state index contributed by atoms with van der Waals surface area (Å²) in [7, 11) is 4.11. The summed E-state index contributed by atoms with van der Waals surface area (Å²) in [6.45, 7) is 7.03. The molecule has 4 amide bonds. The molecule has 0 spiro atoms. The Morgan fingerprint density at radius 2 is 1.24 bits per heavy atom. The number of rotatable bonds is 15. The molecule has 2 N–H and O–H groups in total. The second-order valence-electron chi connectivity index (χ2n) is 13.1. The molecule has 5 rings (SSSR count). The molecule has 3 aromatic rings. The number of carbonyl (C=O) groups excluding carboxylic acids is 4. The van der Waals surface area contributed by atoms with Crippen molar-refractivity contribution < 1.29 is 28.7 Å². The van der Waals surface area contributed by atoms with E-state index >= 15 is 0 Å². The Balaban J connectivity index is 1.04. The molecule has 0 unspecified atom stereocenters. The molecule has 51 heavy (non-hydrogen) atoms. The number of carbonyl (C=O) groups is 4. The van der Waals surface area contributed by atoms with Gasteiger partial charge in [-0.1, -0.05) is 36.4 Å². The molecular weight excluding hydrogens is 648 g/mol. The molecule has 0 atom stereocenters. The lowest BCUT2D eigenvalue weighted by molar-refractivity contribution is -0.135. The van der Waals surface area contributed by atoms with Gasteiger partial charge in [-0.2, -0.15) is 0 Å². The van der Waals surface area contributed by atoms with Crippen molar-refractivity contribution in [3.63, 3.8) is 0 Å². The van der Waals surface area contributed by atoms with Crippen LogP contribution in [0.3, 0.4) is 0 Å². The van der Waals surface area contributed by atoms with E-state index in [0.717, 1.165) is 64.1 Å². The minimum atomic E-state index is -0.324. The van der Waals surface area contributed by atoms with Gasteiger partial charge in [-0.15, -0.1) is 0 Å². The summed E-state index contributed by atoms with van der Waals surface area (Å²) in [6.07, 6.45) is 3.09. The first-order chi connectivity index (χ1) is 24.8. The van der Waals surface area contributed by atoms with Gasteiger partial charge in [-0.05, 0) is 75.3 Å². The number of likely N-dealkylation sites (N-methyl/N-ethyl adjacent to an activating group) is 2. The van der Waals surface area contributed by atoms with E-state index in [4.69, 9.17) is 9.47 Å². The molecule has 0 saturated carbocycles. The Labute approximate surface area is 300 Å². The fraction of sp³-hybridized carbons (Fsp3) is 0.436. The van der Waals surface area contributed by atoms with Gasteiger partial charge < -0.3 is 39.7 Å². The molecule has 0 radical (unpaired) electrons. The summed E-state index contributed by atoms with van der Waals surface area (Å²) in [5.41, 5.74) is 2.21. The predicted molar refractivity (Wildman–Crippen MR) is 196 cm³/mol. The molecule has 0 bridgehead atoms. The van der Waals surface area contributed by atoms with Crippen LogP contribution in [-0.2, 0) is 16.1 Å². The van der Waals surface area contributed by atoms with Crippen LogP contribution in [0.1, 0.15) is 52.0 Å². The zero-order chi connectivity index (χ0) is 36.0. The molecule has 2 heterocycles. The lowest BCUT2D eigenvalue weighted by atomic mass is 10.1. The Bertz CT molecular complexity index is 1620. The number of amides is 4. The lowest BCUT2D eigenvalue weighted by Gasteiger charge is -2.32. The largest absolute Gasteiger partial charge is 0.491 e. The fourth-order valence-electron chi connectivity index (χ4n) is 5.96. The minimum absolute atomic E-state index is 0.101. The third kappa shape index (κ3) is 11.3. The number of ether oxygens (including phenoxy) is 2. The number of hydrogen-bond donors (Lipinski definition) is 2. The Morgan fingerprint density at radius 1 is 0.627 bits per heavy atom. The van der Waals surface area contributed by atoms with E-state index in [1.54, 1.807) is 59.5 Å². The molecule has 12 heteroatoms. The average molecular weight is 699 g/mol. The van der Waals surface area contributed by atoms with Crippen molar-refractivity contribution in [2.75, 3.05) is 85.0 Å². The molecule has 2 fully saturated rings. The molecule has 0 aliphatic carbocycles. The molecule has 3 aromatic carbocycles. The first-order valence-electron chi connectivity index (χ1n) is 17.8. The second-order valence-corrected chi connectivity index (χ2v) is 13.1. The zero-order valence-electron chi connectivity index (χ0n) is 29.8. The highest BCUT2D eigenvalue weighted by molar-refractivity contribution is 6.05.